The number of hydrogen-bond acceptors (Lipinski definition) is 3. The molecule has 0 saturated carbocycles. The first-order chi connectivity index (χ1) is 12.1. The maximum Gasteiger partial charge on any atom is 0.261 e. The molecule has 2 N–H and O–H groups in total. The molecule has 2 aromatic rings. The summed E-state index contributed by atoms with van der Waals surface area (Å²) < 4.78 is 27.8. The van der Waals surface area contributed by atoms with Crippen LogP contribution in [-0.4, -0.2) is 20.4 Å². The van der Waals surface area contributed by atoms with Crippen molar-refractivity contribution in [2.75, 3.05) is 4.72 Å². The lowest BCUT2D eigenvalue weighted by molar-refractivity contribution is 0.0930. The van der Waals surface area contributed by atoms with E-state index in [2.05, 4.69) is 10.0 Å². The number of anilines is 1. The number of sulfonamides is 1. The van der Waals surface area contributed by atoms with E-state index < -0.39 is 10.0 Å². The van der Waals surface area contributed by atoms with Crippen LogP contribution in [0.15, 0.2) is 47.4 Å². The third-order valence-electron chi connectivity index (χ3n) is 4.43. The van der Waals surface area contributed by atoms with Gasteiger partial charge in [-0.2, -0.15) is 0 Å². The number of hydrogen-bond donors (Lipinski definition) is 2. The fourth-order valence-electron chi connectivity index (χ4n) is 2.25. The Morgan fingerprint density at radius 2 is 1.58 bits per heavy atom. The van der Waals surface area contributed by atoms with Gasteiger partial charge in [-0.25, -0.2) is 8.42 Å². The van der Waals surface area contributed by atoms with Crippen molar-refractivity contribution in [1.82, 2.24) is 5.32 Å². The molecule has 2 rings (SSSR count). The molecular formula is C20H26N2O3S. The second kappa shape index (κ2) is 7.91. The summed E-state index contributed by atoms with van der Waals surface area (Å²) in [4.78, 5) is 12.6. The standard InChI is InChI=1S/C20H26N2O3S/c1-13(2)16(5)21-20(23)17-9-8-15(4)19(12-17)22-26(24,25)18-10-6-14(3)7-11-18/h6-13,16,22H,1-5H3,(H,21,23)/t16-/m1/s1. The van der Waals surface area contributed by atoms with Crippen molar-refractivity contribution in [3.8, 4) is 0 Å². The van der Waals surface area contributed by atoms with Gasteiger partial charge in [0.1, 0.15) is 0 Å². The van der Waals surface area contributed by atoms with Gasteiger partial charge in [-0.15, -0.1) is 0 Å². The number of benzene rings is 2. The maximum atomic E-state index is 12.6. The van der Waals surface area contributed by atoms with E-state index in [1.165, 1.54) is 0 Å². The van der Waals surface area contributed by atoms with Crippen LogP contribution in [0.1, 0.15) is 42.3 Å². The maximum absolute atomic E-state index is 12.6. The van der Waals surface area contributed by atoms with Crippen molar-refractivity contribution in [3.05, 3.63) is 59.2 Å². The quantitative estimate of drug-likeness (QED) is 0.806. The Balaban J connectivity index is 2.27. The SMILES string of the molecule is Cc1ccc(S(=O)(=O)Nc2cc(C(=O)N[C@H](C)C(C)C)ccc2C)cc1. The second-order valence-electron chi connectivity index (χ2n) is 6.95. The summed E-state index contributed by atoms with van der Waals surface area (Å²) in [6.07, 6.45) is 0. The minimum absolute atomic E-state index is 0.0245. The van der Waals surface area contributed by atoms with Gasteiger partial charge in [-0.3, -0.25) is 9.52 Å². The molecule has 0 aliphatic heterocycles. The highest BCUT2D eigenvalue weighted by Crippen LogP contribution is 2.22. The van der Waals surface area contributed by atoms with Gasteiger partial charge in [0, 0.05) is 11.6 Å². The molecule has 5 nitrogen and oxygen atoms in total. The van der Waals surface area contributed by atoms with Crippen LogP contribution >= 0.6 is 0 Å². The van der Waals surface area contributed by atoms with E-state index in [4.69, 9.17) is 0 Å². The minimum Gasteiger partial charge on any atom is -0.349 e. The molecular weight excluding hydrogens is 348 g/mol. The predicted molar refractivity (Wildman–Crippen MR) is 105 cm³/mol. The smallest absolute Gasteiger partial charge is 0.261 e. The minimum atomic E-state index is -3.71. The molecule has 0 aliphatic carbocycles. The van der Waals surface area contributed by atoms with E-state index in [-0.39, 0.29) is 16.8 Å². The van der Waals surface area contributed by atoms with Gasteiger partial charge < -0.3 is 5.32 Å². The predicted octanol–water partition coefficient (Wildman–Crippen LogP) is 3.88. The van der Waals surface area contributed by atoms with E-state index in [0.29, 0.717) is 17.2 Å². The van der Waals surface area contributed by atoms with Gasteiger partial charge >= 0.3 is 0 Å². The summed E-state index contributed by atoms with van der Waals surface area (Å²) in [5.41, 5.74) is 2.55. The highest BCUT2D eigenvalue weighted by atomic mass is 32.2. The van der Waals surface area contributed by atoms with Crippen LogP contribution in [0.5, 0.6) is 0 Å². The molecule has 1 atom stereocenters. The Kier molecular flexibility index (Phi) is 6.08. The molecule has 6 heteroatoms. The Morgan fingerprint density at radius 3 is 2.15 bits per heavy atom. The van der Waals surface area contributed by atoms with E-state index in [1.54, 1.807) is 49.4 Å². The number of carbonyl (C=O) groups is 1. The zero-order valence-electron chi connectivity index (χ0n) is 15.8. The fourth-order valence-corrected chi connectivity index (χ4v) is 3.37. The lowest BCUT2D eigenvalue weighted by Gasteiger charge is -2.18. The number of amides is 1. The van der Waals surface area contributed by atoms with Crippen molar-refractivity contribution in [2.45, 2.75) is 45.6 Å². The van der Waals surface area contributed by atoms with Gasteiger partial charge in [0.05, 0.1) is 10.6 Å². The second-order valence-corrected chi connectivity index (χ2v) is 8.64. The average molecular weight is 375 g/mol. The fraction of sp³-hybridized carbons (Fsp3) is 0.350. The Morgan fingerprint density at radius 1 is 0.962 bits per heavy atom. The number of carbonyl (C=O) groups excluding carboxylic acids is 1. The van der Waals surface area contributed by atoms with E-state index in [1.807, 2.05) is 27.7 Å². The molecule has 0 bridgehead atoms. The lowest BCUT2D eigenvalue weighted by atomic mass is 10.1. The summed E-state index contributed by atoms with van der Waals surface area (Å²) in [6, 6.07) is 11.7. The van der Waals surface area contributed by atoms with Gasteiger partial charge in [-0.1, -0.05) is 37.6 Å². The molecule has 2 aromatic carbocycles. The van der Waals surface area contributed by atoms with Crippen molar-refractivity contribution in [3.63, 3.8) is 0 Å². The van der Waals surface area contributed by atoms with E-state index in [0.717, 1.165) is 11.1 Å². The van der Waals surface area contributed by atoms with E-state index in [9.17, 15) is 13.2 Å². The van der Waals surface area contributed by atoms with Crippen molar-refractivity contribution >= 4 is 21.6 Å². The molecule has 26 heavy (non-hydrogen) atoms. The first kappa shape index (κ1) is 20.0. The van der Waals surface area contributed by atoms with Crippen molar-refractivity contribution < 1.29 is 13.2 Å². The lowest BCUT2D eigenvalue weighted by Crippen LogP contribution is -2.36. The topological polar surface area (TPSA) is 75.3 Å². The van der Waals surface area contributed by atoms with E-state index >= 15 is 0 Å². The average Bonchev–Trinajstić information content (AvgIpc) is 2.56. The third-order valence-corrected chi connectivity index (χ3v) is 5.82. The molecule has 0 heterocycles. The van der Waals surface area contributed by atoms with Crippen LogP contribution < -0.4 is 10.0 Å². The molecule has 140 valence electrons. The molecule has 0 aromatic heterocycles. The number of rotatable bonds is 6. The van der Waals surface area contributed by atoms with Crippen molar-refractivity contribution in [1.29, 1.82) is 0 Å². The zero-order valence-corrected chi connectivity index (χ0v) is 16.6. The van der Waals surface area contributed by atoms with Gasteiger partial charge in [0.15, 0.2) is 0 Å². The molecule has 0 fully saturated rings. The highest BCUT2D eigenvalue weighted by Gasteiger charge is 2.17. The highest BCUT2D eigenvalue weighted by molar-refractivity contribution is 7.92. The van der Waals surface area contributed by atoms with Crippen molar-refractivity contribution in [2.24, 2.45) is 5.92 Å². The van der Waals surface area contributed by atoms with Gasteiger partial charge in [-0.05, 0) is 56.5 Å². The normalized spacial score (nSPS) is 12.7. The van der Waals surface area contributed by atoms with Gasteiger partial charge in [0.2, 0.25) is 0 Å². The Hall–Kier alpha value is -2.34. The van der Waals surface area contributed by atoms with Crippen LogP contribution in [0.4, 0.5) is 5.69 Å². The zero-order chi connectivity index (χ0) is 19.5. The van der Waals surface area contributed by atoms with Gasteiger partial charge in [0.25, 0.3) is 15.9 Å². The monoisotopic (exact) mass is 374 g/mol. The molecule has 0 saturated heterocycles. The molecule has 0 radical (unpaired) electrons. The molecule has 0 aliphatic rings. The largest absolute Gasteiger partial charge is 0.349 e. The number of aryl methyl sites for hydroxylation is 2. The van der Waals surface area contributed by atoms with Crippen LogP contribution in [0.25, 0.3) is 0 Å². The molecule has 0 spiro atoms. The summed E-state index contributed by atoms with van der Waals surface area (Å²) in [5.74, 6) is 0.0888. The van der Waals surface area contributed by atoms with Crippen LogP contribution in [0, 0.1) is 19.8 Å². The molecule has 1 amide bonds. The van der Waals surface area contributed by atoms with Crippen LogP contribution in [0.2, 0.25) is 0 Å². The Bertz CT molecular complexity index is 888. The first-order valence-corrected chi connectivity index (χ1v) is 10.1. The third kappa shape index (κ3) is 4.85. The van der Waals surface area contributed by atoms with Crippen LogP contribution in [-0.2, 0) is 10.0 Å². The summed E-state index contributed by atoms with van der Waals surface area (Å²) in [6.45, 7) is 9.69. The first-order valence-electron chi connectivity index (χ1n) is 8.61. The Labute approximate surface area is 155 Å². The van der Waals surface area contributed by atoms with Crippen LogP contribution in [0.3, 0.4) is 0 Å². The summed E-state index contributed by atoms with van der Waals surface area (Å²) in [7, 11) is -3.71. The number of nitrogens with one attached hydrogen (secondary N) is 2. The molecule has 0 unspecified atom stereocenters. The summed E-state index contributed by atoms with van der Waals surface area (Å²) in [5, 5.41) is 2.93. The summed E-state index contributed by atoms with van der Waals surface area (Å²) >= 11 is 0.